The molecule has 0 spiro atoms. The van der Waals surface area contributed by atoms with Gasteiger partial charge in [0.25, 0.3) is 10.0 Å². The van der Waals surface area contributed by atoms with Crippen LogP contribution in [0.25, 0.3) is 21.7 Å². The second-order valence-corrected chi connectivity index (χ2v) is 11.5. The Hall–Kier alpha value is -4.53. The second kappa shape index (κ2) is 11.7. The number of allylic oxidation sites excluding steroid dienone is 4. The van der Waals surface area contributed by atoms with Crippen LogP contribution in [0.2, 0.25) is 0 Å². The van der Waals surface area contributed by atoms with Gasteiger partial charge in [-0.1, -0.05) is 73.0 Å². The minimum absolute atomic E-state index is 0.0713. The molecule has 0 saturated carbocycles. The number of sulfonamides is 1. The van der Waals surface area contributed by atoms with Crippen LogP contribution in [0, 0.1) is 0 Å². The standard InChI is InChI=1S/C32H26N2O4S2/c1-3-5-12-23(4-2)38-24-16-18-25(19-17-24)40(36,37)34-28-21-30(32(35)27-14-7-6-13-26(27)28)39-29-15-8-10-22-11-9-20-33-31(22)29/h3-21,34-35H,2H2,1H3/b5-3-,23-12+. The Labute approximate surface area is 237 Å². The number of benzene rings is 4. The number of pyridine rings is 1. The number of para-hydroxylation sites is 1. The lowest BCUT2D eigenvalue weighted by molar-refractivity contribution is 0.444. The smallest absolute Gasteiger partial charge is 0.261 e. The largest absolute Gasteiger partial charge is 0.506 e. The molecule has 8 heteroatoms. The normalized spacial score (nSPS) is 12.2. The fourth-order valence-electron chi connectivity index (χ4n) is 4.14. The average molecular weight is 567 g/mol. The van der Waals surface area contributed by atoms with E-state index in [9.17, 15) is 13.5 Å². The monoisotopic (exact) mass is 566 g/mol. The Kier molecular flexibility index (Phi) is 7.91. The first-order valence-corrected chi connectivity index (χ1v) is 14.7. The van der Waals surface area contributed by atoms with Crippen molar-refractivity contribution in [1.29, 1.82) is 0 Å². The van der Waals surface area contributed by atoms with Gasteiger partial charge in [0.05, 0.1) is 21.0 Å². The molecule has 5 aromatic rings. The van der Waals surface area contributed by atoms with Crippen molar-refractivity contribution in [3.05, 3.63) is 128 Å². The Balaban J connectivity index is 1.49. The van der Waals surface area contributed by atoms with Crippen molar-refractivity contribution >= 4 is 49.1 Å². The molecule has 0 radical (unpaired) electrons. The van der Waals surface area contributed by atoms with Crippen molar-refractivity contribution < 1.29 is 18.3 Å². The summed E-state index contributed by atoms with van der Waals surface area (Å²) >= 11 is 1.33. The molecule has 0 saturated heterocycles. The molecule has 0 aliphatic carbocycles. The van der Waals surface area contributed by atoms with Gasteiger partial charge in [-0.2, -0.15) is 0 Å². The third-order valence-corrected chi connectivity index (χ3v) is 8.53. The highest BCUT2D eigenvalue weighted by Gasteiger charge is 2.20. The van der Waals surface area contributed by atoms with E-state index in [0.29, 0.717) is 32.9 Å². The Morgan fingerprint density at radius 1 is 0.975 bits per heavy atom. The fourth-order valence-corrected chi connectivity index (χ4v) is 6.24. The van der Waals surface area contributed by atoms with Crippen molar-refractivity contribution in [1.82, 2.24) is 4.98 Å². The van der Waals surface area contributed by atoms with Crippen molar-refractivity contribution in [3.8, 4) is 11.5 Å². The van der Waals surface area contributed by atoms with Crippen molar-refractivity contribution in [2.75, 3.05) is 4.72 Å². The number of aromatic hydroxyl groups is 1. The molecular formula is C32H26N2O4S2. The van der Waals surface area contributed by atoms with Gasteiger partial charge in [0, 0.05) is 27.3 Å². The SMILES string of the molecule is C=C/C(=C\C=C/C)Oc1ccc(S(=O)(=O)Nc2cc(Sc3cccc4cccnc34)c(O)c3ccccc23)cc1. The Bertz CT molecular complexity index is 1870. The summed E-state index contributed by atoms with van der Waals surface area (Å²) < 4.78 is 35.4. The van der Waals surface area contributed by atoms with Crippen LogP contribution >= 0.6 is 11.8 Å². The number of hydrogen-bond acceptors (Lipinski definition) is 6. The summed E-state index contributed by atoms with van der Waals surface area (Å²) in [5, 5.41) is 13.2. The first-order chi connectivity index (χ1) is 19.4. The second-order valence-electron chi connectivity index (χ2n) is 8.73. The van der Waals surface area contributed by atoms with E-state index in [0.717, 1.165) is 15.8 Å². The number of phenols is 1. The van der Waals surface area contributed by atoms with Gasteiger partial charge in [-0.15, -0.1) is 0 Å². The third-order valence-electron chi connectivity index (χ3n) is 6.06. The molecule has 0 aliphatic heterocycles. The van der Waals surface area contributed by atoms with E-state index < -0.39 is 10.0 Å². The lowest BCUT2D eigenvalue weighted by Crippen LogP contribution is -2.13. The van der Waals surface area contributed by atoms with Gasteiger partial charge in [0.15, 0.2) is 0 Å². The maximum atomic E-state index is 13.4. The fraction of sp³-hybridized carbons (Fsp3) is 0.0312. The van der Waals surface area contributed by atoms with E-state index >= 15 is 0 Å². The molecule has 0 amide bonds. The number of ether oxygens (including phenoxy) is 1. The minimum Gasteiger partial charge on any atom is -0.506 e. The van der Waals surface area contributed by atoms with Gasteiger partial charge in [0.2, 0.25) is 0 Å². The molecule has 200 valence electrons. The lowest BCUT2D eigenvalue weighted by Gasteiger charge is -2.15. The highest BCUT2D eigenvalue weighted by atomic mass is 32.2. The Morgan fingerprint density at radius 3 is 2.48 bits per heavy atom. The van der Waals surface area contributed by atoms with E-state index in [1.54, 1.807) is 60.8 Å². The van der Waals surface area contributed by atoms with Gasteiger partial charge in [0.1, 0.15) is 17.3 Å². The van der Waals surface area contributed by atoms with Gasteiger partial charge in [-0.3, -0.25) is 9.71 Å². The topological polar surface area (TPSA) is 88.5 Å². The van der Waals surface area contributed by atoms with Crippen molar-refractivity contribution in [2.45, 2.75) is 21.6 Å². The summed E-state index contributed by atoms with van der Waals surface area (Å²) in [5.41, 5.74) is 1.15. The summed E-state index contributed by atoms with van der Waals surface area (Å²) in [7, 11) is -3.96. The first-order valence-electron chi connectivity index (χ1n) is 12.4. The first kappa shape index (κ1) is 27.1. The summed E-state index contributed by atoms with van der Waals surface area (Å²) in [5.74, 6) is 1.09. The molecule has 1 aromatic heterocycles. The summed E-state index contributed by atoms with van der Waals surface area (Å²) in [4.78, 5) is 5.92. The quantitative estimate of drug-likeness (QED) is 0.107. The highest BCUT2D eigenvalue weighted by molar-refractivity contribution is 7.99. The van der Waals surface area contributed by atoms with Gasteiger partial charge in [-0.25, -0.2) is 8.42 Å². The summed E-state index contributed by atoms with van der Waals surface area (Å²) in [6, 6.07) is 24.6. The summed E-state index contributed by atoms with van der Waals surface area (Å²) in [6.45, 7) is 5.63. The molecule has 1 heterocycles. The number of nitrogens with one attached hydrogen (secondary N) is 1. The average Bonchev–Trinajstić information content (AvgIpc) is 2.98. The Morgan fingerprint density at radius 2 is 1.73 bits per heavy atom. The third kappa shape index (κ3) is 5.73. The highest BCUT2D eigenvalue weighted by Crippen LogP contribution is 2.44. The van der Waals surface area contributed by atoms with Gasteiger partial charge < -0.3 is 9.84 Å². The van der Waals surface area contributed by atoms with E-state index in [-0.39, 0.29) is 10.6 Å². The molecule has 40 heavy (non-hydrogen) atoms. The zero-order chi connectivity index (χ0) is 28.1. The molecule has 0 aliphatic rings. The predicted molar refractivity (Wildman–Crippen MR) is 162 cm³/mol. The van der Waals surface area contributed by atoms with E-state index in [1.165, 1.54) is 23.9 Å². The van der Waals surface area contributed by atoms with Gasteiger partial charge >= 0.3 is 0 Å². The number of aromatic nitrogens is 1. The molecule has 2 N–H and O–H groups in total. The molecular weight excluding hydrogens is 540 g/mol. The zero-order valence-electron chi connectivity index (χ0n) is 21.6. The molecule has 0 unspecified atom stereocenters. The molecule has 0 fully saturated rings. The number of fused-ring (bicyclic) bond motifs is 2. The summed E-state index contributed by atoms with van der Waals surface area (Å²) in [6.07, 6.45) is 8.75. The van der Waals surface area contributed by atoms with Crippen LogP contribution in [0.5, 0.6) is 11.5 Å². The maximum Gasteiger partial charge on any atom is 0.261 e. The molecule has 0 atom stereocenters. The maximum absolute atomic E-state index is 13.4. The zero-order valence-corrected chi connectivity index (χ0v) is 23.2. The predicted octanol–water partition coefficient (Wildman–Crippen LogP) is 8.07. The van der Waals surface area contributed by atoms with Gasteiger partial charge in [-0.05, 0) is 61.5 Å². The van der Waals surface area contributed by atoms with Crippen molar-refractivity contribution in [3.63, 3.8) is 0 Å². The van der Waals surface area contributed by atoms with E-state index in [4.69, 9.17) is 4.74 Å². The molecule has 6 nitrogen and oxygen atoms in total. The molecule has 4 aromatic carbocycles. The van der Waals surface area contributed by atoms with E-state index in [1.807, 2.05) is 49.4 Å². The van der Waals surface area contributed by atoms with Crippen LogP contribution in [0.4, 0.5) is 5.69 Å². The number of nitrogens with zero attached hydrogens (tertiary/aromatic N) is 1. The van der Waals surface area contributed by atoms with Crippen LogP contribution in [0.15, 0.2) is 142 Å². The van der Waals surface area contributed by atoms with Crippen LogP contribution in [0.1, 0.15) is 6.92 Å². The van der Waals surface area contributed by atoms with Crippen LogP contribution in [-0.2, 0) is 10.0 Å². The number of phenolic OH excluding ortho intramolecular Hbond substituents is 1. The number of rotatable bonds is 9. The minimum atomic E-state index is -3.96. The number of anilines is 1. The molecule has 5 rings (SSSR count). The van der Waals surface area contributed by atoms with Crippen LogP contribution < -0.4 is 9.46 Å². The lowest BCUT2D eigenvalue weighted by atomic mass is 10.1. The molecule has 0 bridgehead atoms. The van der Waals surface area contributed by atoms with Crippen LogP contribution in [0.3, 0.4) is 0 Å². The number of hydrogen-bond donors (Lipinski definition) is 2. The van der Waals surface area contributed by atoms with E-state index in [2.05, 4.69) is 16.3 Å². The van der Waals surface area contributed by atoms with Crippen LogP contribution in [-0.4, -0.2) is 18.5 Å². The van der Waals surface area contributed by atoms with Crippen molar-refractivity contribution in [2.24, 2.45) is 0 Å².